The molecular formula is C28H25NO5S. The van der Waals surface area contributed by atoms with E-state index >= 15 is 0 Å². The van der Waals surface area contributed by atoms with E-state index in [2.05, 4.69) is 0 Å². The van der Waals surface area contributed by atoms with Crippen molar-refractivity contribution < 1.29 is 22.7 Å². The average Bonchev–Trinajstić information content (AvgIpc) is 3.26. The lowest BCUT2D eigenvalue weighted by molar-refractivity contribution is 0.0881. The smallest absolute Gasteiger partial charge is 0.243 e. The highest BCUT2D eigenvalue weighted by Gasteiger charge is 2.27. The summed E-state index contributed by atoms with van der Waals surface area (Å²) in [5.74, 6) is 0.573. The third kappa shape index (κ3) is 5.07. The molecule has 0 spiro atoms. The first-order chi connectivity index (χ1) is 17.0. The summed E-state index contributed by atoms with van der Waals surface area (Å²) >= 11 is 0. The standard InChI is InChI=1S/C28H25NO5S/c30-22(20-33-23-15-16-28-26(17-23)25-13-7-8-14-27(25)34-28)19-29(18-21-9-3-1-4-10-21)35(31,32)24-11-5-2-6-12-24/h1-17,22,30H,18-20H2/t22-/m0/s1. The molecule has 0 fully saturated rings. The van der Waals surface area contributed by atoms with Gasteiger partial charge in [0.1, 0.15) is 29.6 Å². The SMILES string of the molecule is O=S(=O)(c1ccccc1)N(Cc1ccccc1)C[C@H](O)COc1ccc2oc3ccccc3c2c1. The number of aliphatic hydroxyl groups is 1. The van der Waals surface area contributed by atoms with Crippen molar-refractivity contribution in [2.45, 2.75) is 17.5 Å². The average molecular weight is 488 g/mol. The molecule has 4 aromatic carbocycles. The van der Waals surface area contributed by atoms with Crippen molar-refractivity contribution in [3.63, 3.8) is 0 Å². The number of ether oxygens (including phenoxy) is 1. The van der Waals surface area contributed by atoms with Gasteiger partial charge in [0.25, 0.3) is 0 Å². The third-order valence-corrected chi connectivity index (χ3v) is 7.61. The molecule has 7 heteroatoms. The molecule has 0 bridgehead atoms. The summed E-state index contributed by atoms with van der Waals surface area (Å²) in [5, 5.41) is 12.7. The molecular weight excluding hydrogens is 462 g/mol. The quantitative estimate of drug-likeness (QED) is 0.308. The molecule has 5 rings (SSSR count). The van der Waals surface area contributed by atoms with Gasteiger partial charge >= 0.3 is 0 Å². The van der Waals surface area contributed by atoms with Crippen LogP contribution in [-0.2, 0) is 16.6 Å². The van der Waals surface area contributed by atoms with Gasteiger partial charge in [-0.1, -0.05) is 66.7 Å². The number of rotatable bonds is 9. The maximum Gasteiger partial charge on any atom is 0.243 e. The predicted octanol–water partition coefficient (Wildman–Crippen LogP) is 5.22. The molecule has 1 atom stereocenters. The molecule has 0 radical (unpaired) electrons. The zero-order valence-corrected chi connectivity index (χ0v) is 19.8. The van der Waals surface area contributed by atoms with Gasteiger partial charge in [0.05, 0.1) is 4.90 Å². The lowest BCUT2D eigenvalue weighted by Crippen LogP contribution is -2.39. The number of nitrogens with zero attached hydrogens (tertiary/aromatic N) is 1. The minimum absolute atomic E-state index is 0.0586. The number of para-hydroxylation sites is 1. The monoisotopic (exact) mass is 487 g/mol. The first-order valence-electron chi connectivity index (χ1n) is 11.3. The normalized spacial score (nSPS) is 12.9. The minimum Gasteiger partial charge on any atom is -0.491 e. The van der Waals surface area contributed by atoms with Gasteiger partial charge in [0.15, 0.2) is 0 Å². The fraction of sp³-hybridized carbons (Fsp3) is 0.143. The van der Waals surface area contributed by atoms with Crippen molar-refractivity contribution in [1.29, 1.82) is 0 Å². The van der Waals surface area contributed by atoms with Crippen LogP contribution >= 0.6 is 0 Å². The summed E-state index contributed by atoms with van der Waals surface area (Å²) in [5.41, 5.74) is 2.38. The maximum atomic E-state index is 13.4. The Labute approximate surface area is 204 Å². The van der Waals surface area contributed by atoms with Crippen LogP contribution in [0.1, 0.15) is 5.56 Å². The Bertz CT molecular complexity index is 1530. The van der Waals surface area contributed by atoms with Gasteiger partial charge in [0.2, 0.25) is 10.0 Å². The summed E-state index contributed by atoms with van der Waals surface area (Å²) in [6, 6.07) is 30.8. The summed E-state index contributed by atoms with van der Waals surface area (Å²) in [4.78, 5) is 0.182. The van der Waals surface area contributed by atoms with Crippen molar-refractivity contribution in [3.05, 3.63) is 109 Å². The van der Waals surface area contributed by atoms with E-state index in [0.717, 1.165) is 27.5 Å². The number of hydrogen-bond donors (Lipinski definition) is 1. The van der Waals surface area contributed by atoms with Gasteiger partial charge in [-0.25, -0.2) is 8.42 Å². The molecule has 0 aliphatic carbocycles. The number of fused-ring (bicyclic) bond motifs is 3. The lowest BCUT2D eigenvalue weighted by Gasteiger charge is -2.25. The molecule has 6 nitrogen and oxygen atoms in total. The summed E-state index contributed by atoms with van der Waals surface area (Å²) in [6.07, 6.45) is -1.03. The first-order valence-corrected chi connectivity index (χ1v) is 12.8. The van der Waals surface area contributed by atoms with Gasteiger partial charge in [0, 0.05) is 23.9 Å². The summed E-state index contributed by atoms with van der Waals surface area (Å²) in [6.45, 7) is -0.0258. The fourth-order valence-electron chi connectivity index (χ4n) is 4.05. The first kappa shape index (κ1) is 23.1. The molecule has 0 aliphatic rings. The van der Waals surface area contributed by atoms with Crippen molar-refractivity contribution in [2.75, 3.05) is 13.2 Å². The number of sulfonamides is 1. The fourth-order valence-corrected chi connectivity index (χ4v) is 5.54. The van der Waals surface area contributed by atoms with Crippen LogP contribution in [0.5, 0.6) is 5.75 Å². The van der Waals surface area contributed by atoms with Gasteiger partial charge in [-0.05, 0) is 42.0 Å². The van der Waals surface area contributed by atoms with E-state index in [1.807, 2.05) is 66.7 Å². The molecule has 0 aliphatic heterocycles. The van der Waals surface area contributed by atoms with Crippen LogP contribution in [0.4, 0.5) is 0 Å². The van der Waals surface area contributed by atoms with Crippen molar-refractivity contribution in [1.82, 2.24) is 4.31 Å². The van der Waals surface area contributed by atoms with E-state index in [4.69, 9.17) is 9.15 Å². The van der Waals surface area contributed by atoms with Gasteiger partial charge < -0.3 is 14.3 Å². The molecule has 0 saturated carbocycles. The molecule has 0 amide bonds. The van der Waals surface area contributed by atoms with E-state index in [1.165, 1.54) is 4.31 Å². The van der Waals surface area contributed by atoms with Crippen LogP contribution in [0.15, 0.2) is 112 Å². The number of benzene rings is 4. The van der Waals surface area contributed by atoms with Gasteiger partial charge in [-0.3, -0.25) is 0 Å². The number of furan rings is 1. The van der Waals surface area contributed by atoms with E-state index in [0.29, 0.717) is 5.75 Å². The Kier molecular flexibility index (Phi) is 6.55. The zero-order valence-electron chi connectivity index (χ0n) is 18.9. The molecule has 0 saturated heterocycles. The van der Waals surface area contributed by atoms with Crippen LogP contribution in [0.3, 0.4) is 0 Å². The molecule has 1 aromatic heterocycles. The molecule has 0 unspecified atom stereocenters. The molecule has 1 N–H and O–H groups in total. The Hall–Kier alpha value is -3.65. The minimum atomic E-state index is -3.82. The molecule has 5 aromatic rings. The predicted molar refractivity (Wildman–Crippen MR) is 136 cm³/mol. The highest BCUT2D eigenvalue weighted by atomic mass is 32.2. The van der Waals surface area contributed by atoms with Crippen molar-refractivity contribution in [2.24, 2.45) is 0 Å². The second kappa shape index (κ2) is 9.92. The van der Waals surface area contributed by atoms with Crippen molar-refractivity contribution in [3.8, 4) is 5.75 Å². The molecule has 1 heterocycles. The van der Waals surface area contributed by atoms with Crippen molar-refractivity contribution >= 4 is 32.0 Å². The second-order valence-corrected chi connectivity index (χ2v) is 10.3. The molecule has 178 valence electrons. The Morgan fingerprint density at radius 3 is 2.23 bits per heavy atom. The van der Waals surface area contributed by atoms with Crippen LogP contribution in [-0.4, -0.2) is 37.1 Å². The Balaban J connectivity index is 1.33. The van der Waals surface area contributed by atoms with Crippen LogP contribution < -0.4 is 4.74 Å². The third-order valence-electron chi connectivity index (χ3n) is 5.79. The maximum absolute atomic E-state index is 13.4. The van der Waals surface area contributed by atoms with Crippen LogP contribution in [0.25, 0.3) is 21.9 Å². The Morgan fingerprint density at radius 2 is 1.46 bits per heavy atom. The highest BCUT2D eigenvalue weighted by molar-refractivity contribution is 7.89. The van der Waals surface area contributed by atoms with E-state index < -0.39 is 16.1 Å². The van der Waals surface area contributed by atoms with Gasteiger partial charge in [-0.2, -0.15) is 4.31 Å². The summed E-state index contributed by atoms with van der Waals surface area (Å²) in [7, 11) is -3.82. The van der Waals surface area contributed by atoms with E-state index in [1.54, 1.807) is 36.4 Å². The number of hydrogen-bond acceptors (Lipinski definition) is 5. The van der Waals surface area contributed by atoms with Gasteiger partial charge in [-0.15, -0.1) is 0 Å². The largest absolute Gasteiger partial charge is 0.491 e. The van der Waals surface area contributed by atoms with Crippen LogP contribution in [0, 0.1) is 0 Å². The second-order valence-electron chi connectivity index (χ2n) is 8.32. The van der Waals surface area contributed by atoms with Crippen LogP contribution in [0.2, 0.25) is 0 Å². The number of aliphatic hydroxyl groups excluding tert-OH is 1. The van der Waals surface area contributed by atoms with E-state index in [-0.39, 0.29) is 24.6 Å². The Morgan fingerprint density at radius 1 is 0.800 bits per heavy atom. The van der Waals surface area contributed by atoms with E-state index in [9.17, 15) is 13.5 Å². The zero-order chi connectivity index (χ0) is 24.3. The molecule has 35 heavy (non-hydrogen) atoms. The summed E-state index contributed by atoms with van der Waals surface area (Å²) < 4.78 is 39.7. The highest BCUT2D eigenvalue weighted by Crippen LogP contribution is 2.31. The topological polar surface area (TPSA) is 80.0 Å². The lowest BCUT2D eigenvalue weighted by atomic mass is 10.1.